The minimum absolute atomic E-state index is 0.0196. The third-order valence-corrected chi connectivity index (χ3v) is 2.16. The summed E-state index contributed by atoms with van der Waals surface area (Å²) in [6.45, 7) is 1.27. The fourth-order valence-corrected chi connectivity index (χ4v) is 1.37. The van der Waals surface area contributed by atoms with Gasteiger partial charge in [-0.3, -0.25) is 19.7 Å². The van der Waals surface area contributed by atoms with Crippen molar-refractivity contribution in [1.82, 2.24) is 0 Å². The molecular formula is C13H13NO5. The number of ether oxygens (including phenoxy) is 1. The molecule has 0 aliphatic carbocycles. The van der Waals surface area contributed by atoms with E-state index < -0.39 is 10.9 Å². The molecule has 6 nitrogen and oxygen atoms in total. The van der Waals surface area contributed by atoms with Gasteiger partial charge < -0.3 is 4.74 Å². The fraction of sp³-hybridized carbons (Fsp3) is 0.231. The van der Waals surface area contributed by atoms with Crippen LogP contribution in [-0.2, 0) is 14.3 Å². The first kappa shape index (κ1) is 14.6. The highest BCUT2D eigenvalue weighted by atomic mass is 16.6. The Balaban J connectivity index is 2.56. The zero-order valence-corrected chi connectivity index (χ0v) is 10.4. The van der Waals surface area contributed by atoms with Gasteiger partial charge in [0.05, 0.1) is 10.5 Å². The second-order valence-corrected chi connectivity index (χ2v) is 3.78. The van der Waals surface area contributed by atoms with Crippen molar-refractivity contribution in [2.45, 2.75) is 13.3 Å². The number of hydrogen-bond acceptors (Lipinski definition) is 5. The molecule has 0 radical (unpaired) electrons. The summed E-state index contributed by atoms with van der Waals surface area (Å²) >= 11 is 0. The highest BCUT2D eigenvalue weighted by Crippen LogP contribution is 2.18. The summed E-state index contributed by atoms with van der Waals surface area (Å²) in [6.07, 6.45) is 2.72. The molecule has 0 spiro atoms. The van der Waals surface area contributed by atoms with E-state index in [0.717, 1.165) is 0 Å². The van der Waals surface area contributed by atoms with Crippen molar-refractivity contribution in [3.8, 4) is 0 Å². The van der Waals surface area contributed by atoms with Crippen LogP contribution in [0.2, 0.25) is 0 Å². The molecule has 0 atom stereocenters. The Morgan fingerprint density at radius 2 is 2.05 bits per heavy atom. The van der Waals surface area contributed by atoms with Gasteiger partial charge in [0.25, 0.3) is 5.69 Å². The largest absolute Gasteiger partial charge is 0.461 e. The van der Waals surface area contributed by atoms with Gasteiger partial charge in [-0.2, -0.15) is 0 Å². The van der Waals surface area contributed by atoms with E-state index in [2.05, 4.69) is 0 Å². The van der Waals surface area contributed by atoms with Crippen LogP contribution in [-0.4, -0.2) is 23.3 Å². The summed E-state index contributed by atoms with van der Waals surface area (Å²) < 4.78 is 4.76. The first-order valence-electron chi connectivity index (χ1n) is 5.55. The van der Waals surface area contributed by atoms with Crippen molar-refractivity contribution in [1.29, 1.82) is 0 Å². The molecule has 0 aromatic heterocycles. The Morgan fingerprint density at radius 3 is 2.68 bits per heavy atom. The van der Waals surface area contributed by atoms with Gasteiger partial charge in [-0.25, -0.2) is 0 Å². The third-order valence-electron chi connectivity index (χ3n) is 2.16. The maximum atomic E-state index is 11.1. The van der Waals surface area contributed by atoms with Gasteiger partial charge in [0.15, 0.2) is 0 Å². The van der Waals surface area contributed by atoms with Crippen LogP contribution in [0.1, 0.15) is 18.9 Å². The lowest BCUT2D eigenvalue weighted by Gasteiger charge is -1.99. The molecule has 0 amide bonds. The van der Waals surface area contributed by atoms with Crippen molar-refractivity contribution >= 4 is 23.5 Å². The van der Waals surface area contributed by atoms with Crippen LogP contribution in [0.3, 0.4) is 0 Å². The molecule has 0 aliphatic heterocycles. The molecule has 1 aromatic carbocycles. The van der Waals surface area contributed by atoms with Gasteiger partial charge in [0.2, 0.25) is 0 Å². The van der Waals surface area contributed by atoms with Crippen molar-refractivity contribution in [2.24, 2.45) is 0 Å². The first-order valence-corrected chi connectivity index (χ1v) is 5.55. The molecule has 1 aromatic rings. The zero-order chi connectivity index (χ0) is 14.3. The summed E-state index contributed by atoms with van der Waals surface area (Å²) in [4.78, 5) is 31.9. The van der Waals surface area contributed by atoms with Crippen LogP contribution in [0.15, 0.2) is 30.3 Å². The van der Waals surface area contributed by atoms with Gasteiger partial charge in [-0.15, -0.1) is 0 Å². The van der Waals surface area contributed by atoms with E-state index in [1.54, 1.807) is 18.2 Å². The van der Waals surface area contributed by atoms with E-state index in [9.17, 15) is 19.7 Å². The van der Waals surface area contributed by atoms with Gasteiger partial charge in [0, 0.05) is 6.07 Å². The van der Waals surface area contributed by atoms with Gasteiger partial charge >= 0.3 is 5.97 Å². The molecule has 0 heterocycles. The van der Waals surface area contributed by atoms with E-state index >= 15 is 0 Å². The molecule has 0 saturated heterocycles. The van der Waals surface area contributed by atoms with E-state index in [0.29, 0.717) is 5.56 Å². The van der Waals surface area contributed by atoms with Crippen LogP contribution in [0, 0.1) is 10.1 Å². The molecule has 0 fully saturated rings. The second-order valence-electron chi connectivity index (χ2n) is 3.78. The predicted octanol–water partition coefficient (Wildman–Crippen LogP) is 2.13. The lowest BCUT2D eigenvalue weighted by Crippen LogP contribution is -2.08. The van der Waals surface area contributed by atoms with Crippen LogP contribution in [0.4, 0.5) is 5.69 Å². The minimum atomic E-state index is -0.611. The number of nitro groups is 1. The number of Topliss-reactive ketones (excluding diaryl/α,β-unsaturated/α-hetero) is 1. The third kappa shape index (κ3) is 5.12. The van der Waals surface area contributed by atoms with Crippen LogP contribution < -0.4 is 0 Å². The highest BCUT2D eigenvalue weighted by molar-refractivity contribution is 5.94. The van der Waals surface area contributed by atoms with Crippen molar-refractivity contribution in [3.63, 3.8) is 0 Å². The topological polar surface area (TPSA) is 86.5 Å². The Hall–Kier alpha value is -2.50. The van der Waals surface area contributed by atoms with E-state index in [4.69, 9.17) is 4.74 Å². The molecule has 0 saturated carbocycles. The van der Waals surface area contributed by atoms with Crippen LogP contribution >= 0.6 is 0 Å². The molecule has 0 unspecified atom stereocenters. The number of ketones is 1. The molecule has 19 heavy (non-hydrogen) atoms. The summed E-state index contributed by atoms with van der Waals surface area (Å²) in [5, 5.41) is 10.7. The Bertz CT molecular complexity index is 522. The Kier molecular flexibility index (Phi) is 5.40. The standard InChI is InChI=1S/C13H13NO5/c1-10(15)9-13(16)19-8-4-6-11-5-2-3-7-12(11)14(17)18/h2-7H,8-9H2,1H3. The van der Waals surface area contributed by atoms with Gasteiger partial charge in [-0.1, -0.05) is 12.1 Å². The number of nitrogens with zero attached hydrogens (tertiary/aromatic N) is 1. The molecule has 0 N–H and O–H groups in total. The van der Waals surface area contributed by atoms with Crippen LogP contribution in [0.5, 0.6) is 0 Å². The van der Waals surface area contributed by atoms with Crippen LogP contribution in [0.25, 0.3) is 6.08 Å². The quantitative estimate of drug-likeness (QED) is 0.339. The monoisotopic (exact) mass is 263 g/mol. The summed E-state index contributed by atoms with van der Waals surface area (Å²) in [7, 11) is 0. The molecule has 100 valence electrons. The van der Waals surface area contributed by atoms with Gasteiger partial charge in [-0.05, 0) is 25.1 Å². The summed E-state index contributed by atoms with van der Waals surface area (Å²) in [5.74, 6) is -0.882. The SMILES string of the molecule is CC(=O)CC(=O)OCC=Cc1ccccc1[N+](=O)[O-]. The predicted molar refractivity (Wildman–Crippen MR) is 68.4 cm³/mol. The van der Waals surface area contributed by atoms with Crippen molar-refractivity contribution in [3.05, 3.63) is 46.0 Å². The molecule has 0 bridgehead atoms. The number of benzene rings is 1. The number of carbonyl (C=O) groups excluding carboxylic acids is 2. The molecule has 1 rings (SSSR count). The summed E-state index contributed by atoms with van der Waals surface area (Å²) in [6, 6.07) is 6.23. The lowest BCUT2D eigenvalue weighted by atomic mass is 10.1. The second kappa shape index (κ2) is 7.05. The number of carbonyl (C=O) groups is 2. The van der Waals surface area contributed by atoms with E-state index in [1.165, 1.54) is 25.1 Å². The van der Waals surface area contributed by atoms with Crippen molar-refractivity contribution < 1.29 is 19.2 Å². The Labute approximate surface area is 109 Å². The molecular weight excluding hydrogens is 250 g/mol. The highest BCUT2D eigenvalue weighted by Gasteiger charge is 2.09. The average Bonchev–Trinajstić information content (AvgIpc) is 2.34. The zero-order valence-electron chi connectivity index (χ0n) is 10.4. The first-order chi connectivity index (χ1) is 9.00. The lowest BCUT2D eigenvalue weighted by molar-refractivity contribution is -0.385. The number of nitro benzene ring substituents is 1. The maximum absolute atomic E-state index is 11.1. The number of rotatable bonds is 6. The minimum Gasteiger partial charge on any atom is -0.461 e. The summed E-state index contributed by atoms with van der Waals surface area (Å²) in [5.41, 5.74) is 0.406. The number of para-hydroxylation sites is 1. The molecule has 6 heteroatoms. The normalized spacial score (nSPS) is 10.4. The Morgan fingerprint density at radius 1 is 1.37 bits per heavy atom. The maximum Gasteiger partial charge on any atom is 0.313 e. The smallest absolute Gasteiger partial charge is 0.313 e. The molecule has 0 aliphatic rings. The fourth-order valence-electron chi connectivity index (χ4n) is 1.37. The van der Waals surface area contributed by atoms with Gasteiger partial charge in [0.1, 0.15) is 18.8 Å². The van der Waals surface area contributed by atoms with E-state index in [-0.39, 0.29) is 24.5 Å². The van der Waals surface area contributed by atoms with Crippen molar-refractivity contribution in [2.75, 3.05) is 6.61 Å². The number of esters is 1. The average molecular weight is 263 g/mol. The number of hydrogen-bond donors (Lipinski definition) is 0. The van der Waals surface area contributed by atoms with E-state index in [1.807, 2.05) is 0 Å².